The molecule has 0 saturated carbocycles. The Bertz CT molecular complexity index is 248. The monoisotopic (exact) mass is 219 g/mol. The van der Waals surface area contributed by atoms with Gasteiger partial charge < -0.3 is 0 Å². The van der Waals surface area contributed by atoms with E-state index in [1.807, 2.05) is 0 Å². The van der Waals surface area contributed by atoms with Gasteiger partial charge in [-0.05, 0) is 24.6 Å². The summed E-state index contributed by atoms with van der Waals surface area (Å²) in [4.78, 5) is 0. The zero-order valence-corrected chi connectivity index (χ0v) is 7.29. The lowest BCUT2D eigenvalue weighted by atomic mass is 10.1. The maximum absolute atomic E-state index is 12.8. The van der Waals surface area contributed by atoms with Crippen LogP contribution in [0.2, 0.25) is 0 Å². The third-order valence-corrected chi connectivity index (χ3v) is 1.90. The second-order valence-electron chi connectivity index (χ2n) is 2.17. The van der Waals surface area contributed by atoms with Crippen LogP contribution < -0.4 is 0 Å². The zero-order valence-electron chi connectivity index (χ0n) is 5.70. The maximum Gasteiger partial charge on any atom is 0.130 e. The van der Waals surface area contributed by atoms with Gasteiger partial charge in [-0.25, -0.2) is 8.78 Å². The van der Waals surface area contributed by atoms with Gasteiger partial charge in [0, 0.05) is 10.9 Å². The van der Waals surface area contributed by atoms with Crippen molar-refractivity contribution in [1.29, 1.82) is 0 Å². The Morgan fingerprint density at radius 3 is 2.09 bits per heavy atom. The van der Waals surface area contributed by atoms with Crippen LogP contribution in [-0.4, -0.2) is 0 Å². The summed E-state index contributed by atoms with van der Waals surface area (Å²) < 4.78 is 25.6. The van der Waals surface area contributed by atoms with Crippen LogP contribution in [0, 0.1) is 18.6 Å². The van der Waals surface area contributed by atoms with Gasteiger partial charge in [0.15, 0.2) is 0 Å². The van der Waals surface area contributed by atoms with E-state index in [-0.39, 0.29) is 10.9 Å². The highest BCUT2D eigenvalue weighted by Gasteiger charge is 2.07. The molecule has 3 heteroatoms. The van der Waals surface area contributed by atoms with Crippen LogP contribution in [0.3, 0.4) is 0 Å². The Morgan fingerprint density at radius 2 is 1.73 bits per heavy atom. The van der Waals surface area contributed by atoms with E-state index in [2.05, 4.69) is 22.9 Å². The minimum atomic E-state index is -0.549. The molecule has 0 N–H and O–H groups in total. The Balaban J connectivity index is 3.25. The van der Waals surface area contributed by atoms with Gasteiger partial charge in [0.25, 0.3) is 0 Å². The normalized spacial score (nSPS) is 10.2. The van der Waals surface area contributed by atoms with Gasteiger partial charge in [-0.1, -0.05) is 15.9 Å². The van der Waals surface area contributed by atoms with E-state index in [0.29, 0.717) is 5.56 Å². The van der Waals surface area contributed by atoms with Crippen molar-refractivity contribution < 1.29 is 8.78 Å². The summed E-state index contributed by atoms with van der Waals surface area (Å²) >= 11 is 2.98. The van der Waals surface area contributed by atoms with Crippen molar-refractivity contribution in [3.8, 4) is 0 Å². The predicted molar refractivity (Wildman–Crippen MR) is 43.4 cm³/mol. The Hall–Kier alpha value is -0.440. The molecule has 1 radical (unpaired) electrons. The number of halogens is 3. The average molecular weight is 220 g/mol. The van der Waals surface area contributed by atoms with Crippen molar-refractivity contribution in [3.05, 3.63) is 41.8 Å². The predicted octanol–water partition coefficient (Wildman–Crippen LogP) is 3.04. The van der Waals surface area contributed by atoms with Crippen molar-refractivity contribution in [2.24, 2.45) is 0 Å². The molecule has 0 aliphatic rings. The van der Waals surface area contributed by atoms with E-state index in [1.165, 1.54) is 12.1 Å². The second-order valence-corrected chi connectivity index (χ2v) is 2.73. The van der Waals surface area contributed by atoms with Crippen molar-refractivity contribution in [1.82, 2.24) is 0 Å². The fraction of sp³-hybridized carbons (Fsp3) is 0.125. The van der Waals surface area contributed by atoms with Crippen LogP contribution in [0.4, 0.5) is 8.78 Å². The molecule has 0 aliphatic heterocycles. The van der Waals surface area contributed by atoms with E-state index in [0.717, 1.165) is 0 Å². The molecule has 59 valence electrons. The first-order chi connectivity index (χ1) is 5.15. The van der Waals surface area contributed by atoms with Crippen LogP contribution in [0.25, 0.3) is 0 Å². The Morgan fingerprint density at radius 1 is 1.27 bits per heavy atom. The molecular formula is C8H6BrF2. The molecule has 0 bridgehead atoms. The number of hydrogen-bond donors (Lipinski definition) is 0. The summed E-state index contributed by atoms with van der Waals surface area (Å²) in [6, 6.07) is 2.42. The number of benzene rings is 1. The second kappa shape index (κ2) is 3.30. The Labute approximate surface area is 72.4 Å². The molecule has 1 rings (SSSR count). The first-order valence-corrected chi connectivity index (χ1v) is 4.13. The average Bonchev–Trinajstić information content (AvgIpc) is 1.85. The number of rotatable bonds is 1. The summed E-state index contributed by atoms with van der Waals surface area (Å²) in [5.41, 5.74) is 0.405. The fourth-order valence-electron chi connectivity index (χ4n) is 0.783. The van der Waals surface area contributed by atoms with Crippen LogP contribution in [0.1, 0.15) is 11.1 Å². The van der Waals surface area contributed by atoms with Crippen molar-refractivity contribution >= 4 is 15.9 Å². The molecule has 0 amide bonds. The highest BCUT2D eigenvalue weighted by atomic mass is 79.9. The van der Waals surface area contributed by atoms with Gasteiger partial charge in [-0.3, -0.25) is 0 Å². The van der Waals surface area contributed by atoms with Gasteiger partial charge in [0.2, 0.25) is 0 Å². The summed E-state index contributed by atoms with van der Waals surface area (Å²) in [5, 5.41) is 0.185. The molecule has 0 saturated heterocycles. The summed E-state index contributed by atoms with van der Waals surface area (Å²) in [7, 11) is 0. The number of hydrogen-bond acceptors (Lipinski definition) is 0. The minimum Gasteiger partial charge on any atom is -0.207 e. The first-order valence-electron chi connectivity index (χ1n) is 3.01. The van der Waals surface area contributed by atoms with E-state index in [9.17, 15) is 8.78 Å². The quantitative estimate of drug-likeness (QED) is 0.638. The molecule has 0 fully saturated rings. The molecule has 0 aromatic heterocycles. The van der Waals surface area contributed by atoms with Crippen LogP contribution in [-0.2, 0) is 5.33 Å². The summed E-state index contributed by atoms with van der Waals surface area (Å²) in [6.45, 7) is 3.42. The van der Waals surface area contributed by atoms with E-state index < -0.39 is 11.6 Å². The molecule has 0 heterocycles. The molecule has 0 unspecified atom stereocenters. The van der Waals surface area contributed by atoms with Gasteiger partial charge in [-0.15, -0.1) is 0 Å². The molecule has 0 spiro atoms. The van der Waals surface area contributed by atoms with Crippen molar-refractivity contribution in [2.45, 2.75) is 5.33 Å². The third-order valence-electron chi connectivity index (χ3n) is 1.33. The van der Waals surface area contributed by atoms with Gasteiger partial charge in [-0.2, -0.15) is 0 Å². The molecule has 1 aromatic carbocycles. The summed E-state index contributed by atoms with van der Waals surface area (Å²) in [6.07, 6.45) is 0. The van der Waals surface area contributed by atoms with E-state index in [1.54, 1.807) is 0 Å². The molecule has 1 aromatic rings. The fourth-order valence-corrected chi connectivity index (χ4v) is 1.32. The van der Waals surface area contributed by atoms with Crippen LogP contribution >= 0.6 is 15.9 Å². The minimum absolute atomic E-state index is 0.0531. The lowest BCUT2D eigenvalue weighted by Crippen LogP contribution is -1.92. The highest BCUT2D eigenvalue weighted by molar-refractivity contribution is 9.08. The lowest BCUT2D eigenvalue weighted by molar-refractivity contribution is 0.566. The molecule has 0 aliphatic carbocycles. The zero-order chi connectivity index (χ0) is 8.43. The van der Waals surface area contributed by atoms with Gasteiger partial charge in [0.05, 0.1) is 0 Å². The third kappa shape index (κ3) is 1.77. The van der Waals surface area contributed by atoms with Crippen molar-refractivity contribution in [2.75, 3.05) is 0 Å². The van der Waals surface area contributed by atoms with Crippen LogP contribution in [0.15, 0.2) is 12.1 Å². The smallest absolute Gasteiger partial charge is 0.130 e. The highest BCUT2D eigenvalue weighted by Crippen LogP contribution is 2.17. The molecule has 0 nitrogen and oxygen atoms in total. The lowest BCUT2D eigenvalue weighted by Gasteiger charge is -2.01. The Kier molecular flexibility index (Phi) is 2.60. The van der Waals surface area contributed by atoms with E-state index >= 15 is 0 Å². The largest absolute Gasteiger partial charge is 0.207 e. The first kappa shape index (κ1) is 8.65. The summed E-state index contributed by atoms with van der Waals surface area (Å²) in [5.74, 6) is -1.10. The SMILES string of the molecule is [CH2]c1cc(F)c(CBr)c(F)c1. The van der Waals surface area contributed by atoms with Gasteiger partial charge >= 0.3 is 0 Å². The van der Waals surface area contributed by atoms with Gasteiger partial charge in [0.1, 0.15) is 11.6 Å². The van der Waals surface area contributed by atoms with Crippen molar-refractivity contribution in [3.63, 3.8) is 0 Å². The molecule has 11 heavy (non-hydrogen) atoms. The molecule has 0 atom stereocenters. The maximum atomic E-state index is 12.8. The molecular weight excluding hydrogens is 214 g/mol. The topological polar surface area (TPSA) is 0 Å². The van der Waals surface area contributed by atoms with Crippen LogP contribution in [0.5, 0.6) is 0 Å². The standard InChI is InChI=1S/C8H6BrF2/c1-5-2-7(10)6(4-9)8(11)3-5/h2-3H,1,4H2. The van der Waals surface area contributed by atoms with E-state index in [4.69, 9.17) is 0 Å². The number of alkyl halides is 1.